The molecule has 5 heteroatoms. The predicted molar refractivity (Wildman–Crippen MR) is 233 cm³/mol. The van der Waals surface area contributed by atoms with Gasteiger partial charge in [0.2, 0.25) is 0 Å². The predicted octanol–water partition coefficient (Wildman–Crippen LogP) is 11.5. The Hall–Kier alpha value is -4.08. The van der Waals surface area contributed by atoms with Crippen molar-refractivity contribution in [1.82, 2.24) is 0 Å². The molecule has 0 aliphatic heterocycles. The number of benzene rings is 6. The summed E-state index contributed by atoms with van der Waals surface area (Å²) in [6.45, 7) is 2.15. The number of unbranched alkanes of at least 4 members (excludes halogenated alkanes) is 6. The van der Waals surface area contributed by atoms with Gasteiger partial charge >= 0.3 is 326 Å². The van der Waals surface area contributed by atoms with Crippen molar-refractivity contribution in [2.24, 2.45) is 0 Å². The van der Waals surface area contributed by atoms with Crippen LogP contribution in [0.3, 0.4) is 0 Å². The van der Waals surface area contributed by atoms with Crippen LogP contribution in [0, 0.1) is 0 Å². The van der Waals surface area contributed by atoms with Gasteiger partial charge in [-0.3, -0.25) is 0 Å². The molecule has 0 saturated carbocycles. The van der Waals surface area contributed by atoms with Crippen LogP contribution in [0.1, 0.15) is 95.2 Å². The molecule has 6 aromatic carbocycles. The molecule has 0 heterocycles. The van der Waals surface area contributed by atoms with Crippen LogP contribution in [0.2, 0.25) is 0 Å². The van der Waals surface area contributed by atoms with Crippen molar-refractivity contribution < 1.29 is 12.4 Å². The molecule has 54 heavy (non-hydrogen) atoms. The van der Waals surface area contributed by atoms with E-state index in [0.29, 0.717) is 11.3 Å². The normalized spacial score (nSPS) is 12.8. The Labute approximate surface area is 325 Å². The van der Waals surface area contributed by atoms with Gasteiger partial charge < -0.3 is 0 Å². The average molecular weight is 757 g/mol. The van der Waals surface area contributed by atoms with Gasteiger partial charge in [-0.05, 0) is 0 Å². The first kappa shape index (κ1) is 39.6. The Morgan fingerprint density at radius 2 is 0.741 bits per heavy atom. The van der Waals surface area contributed by atoms with Crippen molar-refractivity contribution in [3.63, 3.8) is 0 Å². The Morgan fingerprint density at radius 3 is 1.13 bits per heavy atom. The zero-order valence-electron chi connectivity index (χ0n) is 32.4. The number of aryl methyl sites for hydroxylation is 1. The molecular formula is C49H57O3PS. The van der Waals surface area contributed by atoms with E-state index in [1.165, 1.54) is 11.1 Å². The number of hydrogen-bond acceptors (Lipinski definition) is 3. The molecule has 0 N–H and O–H groups in total. The molecule has 6 rings (SSSR count). The van der Waals surface area contributed by atoms with Gasteiger partial charge in [-0.2, -0.15) is 0 Å². The molecule has 3 nitrogen and oxygen atoms in total. The fraction of sp³-hybridized carbons (Fsp3) is 0.306. The van der Waals surface area contributed by atoms with Crippen LogP contribution in [0.4, 0.5) is 0 Å². The van der Waals surface area contributed by atoms with E-state index in [-0.39, 0.29) is 0 Å². The minimum atomic E-state index is -4.54. The second-order valence-electron chi connectivity index (χ2n) is 14.6. The summed E-state index contributed by atoms with van der Waals surface area (Å²) in [5.41, 5.74) is 3.52. The first-order chi connectivity index (χ1) is 26.4. The van der Waals surface area contributed by atoms with Gasteiger partial charge in [-0.15, -0.1) is 0 Å². The van der Waals surface area contributed by atoms with Crippen LogP contribution < -0.4 is 21.2 Å². The van der Waals surface area contributed by atoms with Crippen LogP contribution in [-0.4, -0.2) is 8.42 Å². The maximum absolute atomic E-state index is 16.3. The summed E-state index contributed by atoms with van der Waals surface area (Å²) in [5, 5.41) is 5.17. The van der Waals surface area contributed by atoms with Gasteiger partial charge in [0.1, 0.15) is 0 Å². The molecule has 0 aromatic heterocycles. The third-order valence-corrected chi connectivity index (χ3v) is 19.2. The number of hydrogen-bond donors (Lipinski definition) is 0. The second-order valence-corrected chi connectivity index (χ2v) is 20.6. The Bertz CT molecular complexity index is 2030. The topological polar surface area (TPSA) is 43.4 Å². The molecule has 0 amide bonds. The molecule has 6 aromatic rings. The van der Waals surface area contributed by atoms with E-state index in [9.17, 15) is 0 Å². The van der Waals surface area contributed by atoms with E-state index in [2.05, 4.69) is 81.4 Å². The van der Waals surface area contributed by atoms with E-state index in [0.717, 1.165) is 108 Å². The van der Waals surface area contributed by atoms with E-state index in [4.69, 9.17) is 3.97 Å². The van der Waals surface area contributed by atoms with E-state index >= 15 is 8.42 Å². The van der Waals surface area contributed by atoms with Gasteiger partial charge in [0, 0.05) is 0 Å². The fourth-order valence-corrected chi connectivity index (χ4v) is 17.5. The molecule has 0 spiro atoms. The Morgan fingerprint density at radius 1 is 0.407 bits per heavy atom. The molecule has 0 unspecified atom stereocenters. The molecule has 0 aliphatic carbocycles. The van der Waals surface area contributed by atoms with Crippen molar-refractivity contribution in [3.05, 3.63) is 162 Å². The van der Waals surface area contributed by atoms with Crippen molar-refractivity contribution >= 4 is 48.9 Å². The van der Waals surface area contributed by atoms with Crippen LogP contribution in [0.25, 0.3) is 10.8 Å². The van der Waals surface area contributed by atoms with Crippen LogP contribution >= 0.6 is 6.83 Å². The van der Waals surface area contributed by atoms with Gasteiger partial charge in [-0.1, -0.05) is 0 Å². The van der Waals surface area contributed by atoms with Gasteiger partial charge in [-0.25, -0.2) is 0 Å². The molecule has 0 bridgehead atoms. The standard InChI is InChI=1S/C49H57O3PS/c1-4-7-14-35-44-45(36-15-8-5-2)47(38-16-9-6-3)49(48-39-26-25-37-46(44)48)54(50,51)52-53(40-27-17-10-18-28-40,41-29-19-11-20-30-41,42-31-21-12-22-32-42)43-33-23-13-24-34-43/h10-13,17-34,37,39H,4-9,14-16,35-36,38H2,1-3H3. The van der Waals surface area contributed by atoms with E-state index in [1.54, 1.807) is 0 Å². The van der Waals surface area contributed by atoms with E-state index in [1.807, 2.05) is 84.9 Å². The van der Waals surface area contributed by atoms with Crippen LogP contribution in [0.15, 0.2) is 150 Å². The third kappa shape index (κ3) is 7.46. The SMILES string of the molecule is CCCCCc1c(CCCCC)c(S(=O)(=O)OP(c2ccccc2)(c2ccccc2)(c2ccccc2)c2ccccc2)c2ccccc2c1CCCCC. The maximum atomic E-state index is 16.3. The zero-order chi connectivity index (χ0) is 37.9. The number of rotatable bonds is 19. The Kier molecular flexibility index (Phi) is 13.2. The number of fused-ring (bicyclic) bond motifs is 1. The summed E-state index contributed by atoms with van der Waals surface area (Å²) in [4.78, 5) is 0.354. The van der Waals surface area contributed by atoms with Crippen molar-refractivity contribution in [1.29, 1.82) is 0 Å². The first-order valence-corrected chi connectivity index (χ1v) is 23.7. The summed E-state index contributed by atoms with van der Waals surface area (Å²) in [5.74, 6) is 0. The van der Waals surface area contributed by atoms with Crippen LogP contribution in [-0.2, 0) is 33.4 Å². The molecule has 0 aliphatic rings. The molecule has 0 radical (unpaired) electrons. The summed E-state index contributed by atoms with van der Waals surface area (Å²) >= 11 is 0. The zero-order valence-corrected chi connectivity index (χ0v) is 34.1. The van der Waals surface area contributed by atoms with Gasteiger partial charge in [0.05, 0.1) is 0 Å². The van der Waals surface area contributed by atoms with Crippen molar-refractivity contribution in [2.45, 2.75) is 103 Å². The quantitative estimate of drug-likeness (QED) is 0.0611. The molecule has 282 valence electrons. The minimum absolute atomic E-state index is 0.354. The van der Waals surface area contributed by atoms with Crippen molar-refractivity contribution in [2.75, 3.05) is 0 Å². The van der Waals surface area contributed by atoms with E-state index < -0.39 is 16.9 Å². The molecule has 0 saturated heterocycles. The fourth-order valence-electron chi connectivity index (χ4n) is 8.53. The average Bonchev–Trinajstić information content (AvgIpc) is 3.22. The molecule has 0 fully saturated rings. The van der Waals surface area contributed by atoms with Gasteiger partial charge in [0.15, 0.2) is 0 Å². The summed E-state index contributed by atoms with van der Waals surface area (Å²) in [6, 6.07) is 48.7. The third-order valence-electron chi connectivity index (χ3n) is 11.1. The summed E-state index contributed by atoms with van der Waals surface area (Å²) < 4.78 is 40.2. The molecular weight excluding hydrogens is 700 g/mol. The first-order valence-electron chi connectivity index (χ1n) is 20.2. The second kappa shape index (κ2) is 18.0. The van der Waals surface area contributed by atoms with Crippen LogP contribution in [0.5, 0.6) is 0 Å². The van der Waals surface area contributed by atoms with Crippen molar-refractivity contribution in [3.8, 4) is 0 Å². The Balaban J connectivity index is 1.77. The summed E-state index contributed by atoms with van der Waals surface area (Å²) in [7, 11) is -4.50. The summed E-state index contributed by atoms with van der Waals surface area (Å²) in [6.07, 6.45) is 12.1. The van der Waals surface area contributed by atoms with Gasteiger partial charge in [0.25, 0.3) is 0 Å². The monoisotopic (exact) mass is 756 g/mol. The molecule has 0 atom stereocenters.